The van der Waals surface area contributed by atoms with Gasteiger partial charge in [-0.25, -0.2) is 0 Å². The number of thiophene rings is 2. The lowest BCUT2D eigenvalue weighted by molar-refractivity contribution is 1.66. The van der Waals surface area contributed by atoms with Gasteiger partial charge in [0.05, 0.1) is 0 Å². The Morgan fingerprint density at radius 1 is 0.652 bits per heavy atom. The Labute approximate surface area is 142 Å². The molecule has 0 amide bonds. The molecule has 0 nitrogen and oxygen atoms in total. The monoisotopic (exact) mass is 330 g/mol. The molecule has 0 unspecified atom stereocenters. The smallest absolute Gasteiger partial charge is 0.0459 e. The van der Waals surface area contributed by atoms with Crippen molar-refractivity contribution in [3.63, 3.8) is 0 Å². The second-order valence-electron chi connectivity index (χ2n) is 5.89. The molecule has 0 saturated heterocycles. The lowest BCUT2D eigenvalue weighted by Gasteiger charge is -2.09. The Balaban J connectivity index is 1.89. The van der Waals surface area contributed by atoms with E-state index in [1.807, 2.05) is 22.7 Å². The summed E-state index contributed by atoms with van der Waals surface area (Å²) in [7, 11) is 0. The fourth-order valence-electron chi connectivity index (χ4n) is 3.35. The third-order valence-corrected chi connectivity index (χ3v) is 6.61. The molecule has 5 rings (SSSR count). The number of benzene rings is 3. The molecular weight excluding hydrogens is 316 g/mol. The van der Waals surface area contributed by atoms with Crippen LogP contribution in [-0.4, -0.2) is 0 Å². The molecule has 0 bridgehead atoms. The Morgan fingerprint density at radius 2 is 1.35 bits per heavy atom. The van der Waals surface area contributed by atoms with E-state index >= 15 is 0 Å². The first-order valence-corrected chi connectivity index (χ1v) is 9.34. The zero-order valence-electron chi connectivity index (χ0n) is 12.7. The highest BCUT2D eigenvalue weighted by atomic mass is 32.1. The zero-order chi connectivity index (χ0) is 15.4. The van der Waals surface area contributed by atoms with Crippen molar-refractivity contribution in [3.8, 4) is 10.4 Å². The van der Waals surface area contributed by atoms with Crippen LogP contribution in [0.1, 0.15) is 4.88 Å². The standard InChI is InChI=1S/C21H14S2/c1-13-10-20-21(22-13)12-19(23-20)18-11-14-6-2-3-7-15(14)16-8-4-5-9-17(16)18/h2-12H,1H3. The maximum absolute atomic E-state index is 2.36. The van der Waals surface area contributed by atoms with Crippen LogP contribution in [0, 0.1) is 6.92 Å². The van der Waals surface area contributed by atoms with Crippen LogP contribution < -0.4 is 0 Å². The minimum atomic E-state index is 1.31. The molecule has 110 valence electrons. The topological polar surface area (TPSA) is 0 Å². The Bertz CT molecular complexity index is 1140. The van der Waals surface area contributed by atoms with Crippen molar-refractivity contribution in [2.75, 3.05) is 0 Å². The van der Waals surface area contributed by atoms with Gasteiger partial charge in [-0.3, -0.25) is 0 Å². The summed E-state index contributed by atoms with van der Waals surface area (Å²) < 4.78 is 2.81. The number of hydrogen-bond acceptors (Lipinski definition) is 2. The summed E-state index contributed by atoms with van der Waals surface area (Å²) in [5.74, 6) is 0. The molecule has 0 radical (unpaired) electrons. The predicted octanol–water partition coefficient (Wildman–Crippen LogP) is 7.24. The summed E-state index contributed by atoms with van der Waals surface area (Å²) in [6, 6.07) is 24.4. The second kappa shape index (κ2) is 4.92. The van der Waals surface area contributed by atoms with Crippen molar-refractivity contribution in [1.82, 2.24) is 0 Å². The van der Waals surface area contributed by atoms with Gasteiger partial charge in [-0.1, -0.05) is 48.5 Å². The van der Waals surface area contributed by atoms with Crippen LogP contribution >= 0.6 is 22.7 Å². The van der Waals surface area contributed by atoms with Crippen LogP contribution in [0.5, 0.6) is 0 Å². The Morgan fingerprint density at radius 3 is 2.17 bits per heavy atom. The minimum absolute atomic E-state index is 1.31. The van der Waals surface area contributed by atoms with E-state index in [2.05, 4.69) is 73.7 Å². The molecule has 0 aliphatic rings. The van der Waals surface area contributed by atoms with Gasteiger partial charge in [-0.2, -0.15) is 0 Å². The average molecular weight is 330 g/mol. The average Bonchev–Trinajstić information content (AvgIpc) is 3.11. The molecule has 3 aromatic carbocycles. The first-order chi connectivity index (χ1) is 11.3. The molecule has 0 fully saturated rings. The fraction of sp³-hybridized carbons (Fsp3) is 0.0476. The van der Waals surface area contributed by atoms with Crippen molar-refractivity contribution in [2.24, 2.45) is 0 Å². The van der Waals surface area contributed by atoms with E-state index in [9.17, 15) is 0 Å². The Kier molecular flexibility index (Phi) is 2.84. The van der Waals surface area contributed by atoms with Crippen LogP contribution in [0.4, 0.5) is 0 Å². The van der Waals surface area contributed by atoms with Gasteiger partial charge in [0.2, 0.25) is 0 Å². The molecule has 0 spiro atoms. The van der Waals surface area contributed by atoms with Crippen LogP contribution in [0.15, 0.2) is 66.7 Å². The second-order valence-corrected chi connectivity index (χ2v) is 8.26. The molecule has 2 heteroatoms. The zero-order valence-corrected chi connectivity index (χ0v) is 14.3. The van der Waals surface area contributed by atoms with Crippen molar-refractivity contribution >= 4 is 53.6 Å². The summed E-state index contributed by atoms with van der Waals surface area (Å²) in [5.41, 5.74) is 1.35. The van der Waals surface area contributed by atoms with E-state index in [-0.39, 0.29) is 0 Å². The van der Waals surface area contributed by atoms with Crippen molar-refractivity contribution in [2.45, 2.75) is 6.92 Å². The van der Waals surface area contributed by atoms with E-state index < -0.39 is 0 Å². The van der Waals surface area contributed by atoms with Crippen LogP contribution in [0.3, 0.4) is 0 Å². The van der Waals surface area contributed by atoms with Gasteiger partial charge in [0.15, 0.2) is 0 Å². The number of fused-ring (bicyclic) bond motifs is 4. The highest BCUT2D eigenvalue weighted by Crippen LogP contribution is 2.42. The lowest BCUT2D eigenvalue weighted by atomic mass is 9.96. The van der Waals surface area contributed by atoms with Gasteiger partial charge in [0.1, 0.15) is 0 Å². The molecule has 0 N–H and O–H groups in total. The van der Waals surface area contributed by atoms with Gasteiger partial charge in [0, 0.05) is 24.7 Å². The molecule has 2 aromatic heterocycles. The SMILES string of the molecule is Cc1cc2sc(-c3cc4ccccc4c4ccccc34)cc2s1. The van der Waals surface area contributed by atoms with Crippen molar-refractivity contribution in [1.29, 1.82) is 0 Å². The molecule has 23 heavy (non-hydrogen) atoms. The maximum atomic E-state index is 2.36. The normalized spacial score (nSPS) is 11.7. The molecular formula is C21H14S2. The summed E-state index contributed by atoms with van der Waals surface area (Å²) in [5, 5.41) is 5.33. The molecule has 5 aromatic rings. The van der Waals surface area contributed by atoms with E-state index in [0.29, 0.717) is 0 Å². The fourth-order valence-corrected chi connectivity index (χ4v) is 5.69. The number of hydrogen-bond donors (Lipinski definition) is 0. The molecule has 0 saturated carbocycles. The van der Waals surface area contributed by atoms with Gasteiger partial charge in [-0.05, 0) is 46.7 Å². The molecule has 0 atom stereocenters. The third kappa shape index (κ3) is 2.03. The first-order valence-electron chi connectivity index (χ1n) is 7.70. The van der Waals surface area contributed by atoms with Crippen LogP contribution in [-0.2, 0) is 0 Å². The third-order valence-electron chi connectivity index (χ3n) is 4.36. The van der Waals surface area contributed by atoms with Crippen molar-refractivity contribution < 1.29 is 0 Å². The van der Waals surface area contributed by atoms with E-state index in [1.54, 1.807) is 0 Å². The van der Waals surface area contributed by atoms with E-state index in [4.69, 9.17) is 0 Å². The first kappa shape index (κ1) is 13.3. The largest absolute Gasteiger partial charge is 0.140 e. The maximum Gasteiger partial charge on any atom is 0.0459 e. The van der Waals surface area contributed by atoms with Gasteiger partial charge in [-0.15, -0.1) is 22.7 Å². The number of rotatable bonds is 1. The molecule has 2 heterocycles. The van der Waals surface area contributed by atoms with E-state index in [1.165, 1.54) is 46.3 Å². The van der Waals surface area contributed by atoms with Crippen molar-refractivity contribution in [3.05, 3.63) is 71.6 Å². The van der Waals surface area contributed by atoms with Crippen LogP contribution in [0.25, 0.3) is 41.4 Å². The van der Waals surface area contributed by atoms with Gasteiger partial charge in [0.25, 0.3) is 0 Å². The molecule has 0 aliphatic heterocycles. The highest BCUT2D eigenvalue weighted by molar-refractivity contribution is 7.29. The van der Waals surface area contributed by atoms with Gasteiger partial charge >= 0.3 is 0 Å². The molecule has 0 aliphatic carbocycles. The number of aryl methyl sites for hydroxylation is 1. The highest BCUT2D eigenvalue weighted by Gasteiger charge is 2.12. The lowest BCUT2D eigenvalue weighted by Crippen LogP contribution is -1.82. The van der Waals surface area contributed by atoms with Gasteiger partial charge < -0.3 is 0 Å². The van der Waals surface area contributed by atoms with Crippen LogP contribution in [0.2, 0.25) is 0 Å². The summed E-state index contributed by atoms with van der Waals surface area (Å²) >= 11 is 3.79. The minimum Gasteiger partial charge on any atom is -0.140 e. The van der Waals surface area contributed by atoms with E-state index in [0.717, 1.165) is 0 Å². The summed E-state index contributed by atoms with van der Waals surface area (Å²) in [6.45, 7) is 2.18. The Hall–Kier alpha value is -2.16. The predicted molar refractivity (Wildman–Crippen MR) is 105 cm³/mol. The summed E-state index contributed by atoms with van der Waals surface area (Å²) in [6.07, 6.45) is 0. The summed E-state index contributed by atoms with van der Waals surface area (Å²) in [4.78, 5) is 2.76. The quantitative estimate of drug-likeness (QED) is 0.284.